The Morgan fingerprint density at radius 3 is 1.90 bits per heavy atom. The van der Waals surface area contributed by atoms with Crippen molar-refractivity contribution in [3.63, 3.8) is 0 Å². The largest absolute Gasteiger partial charge is 0.481 e. The molecular weight excluding hydrogens is 132 g/mol. The molecule has 0 aromatic rings. The first-order valence-corrected chi connectivity index (χ1v) is 3.26. The molecule has 0 radical (unpaired) electrons. The van der Waals surface area contributed by atoms with Crippen LogP contribution in [-0.4, -0.2) is 24.2 Å². The van der Waals surface area contributed by atoms with Crippen molar-refractivity contribution >= 4 is 5.97 Å². The standard InChI is InChI=1S/C6H14N2O2/c1-2-6(3-7,4-8)5(9)10/h2-4,7-8H2,1H3,(H,9,10). The summed E-state index contributed by atoms with van der Waals surface area (Å²) in [6.07, 6.45) is 0.481. The van der Waals surface area contributed by atoms with Crippen molar-refractivity contribution in [2.45, 2.75) is 13.3 Å². The van der Waals surface area contributed by atoms with E-state index < -0.39 is 11.4 Å². The van der Waals surface area contributed by atoms with Gasteiger partial charge in [0.05, 0.1) is 5.41 Å². The lowest BCUT2D eigenvalue weighted by Crippen LogP contribution is -2.44. The highest BCUT2D eigenvalue weighted by Crippen LogP contribution is 2.17. The summed E-state index contributed by atoms with van der Waals surface area (Å²) in [5.74, 6) is -0.903. The molecule has 0 aliphatic carbocycles. The summed E-state index contributed by atoms with van der Waals surface area (Å²) in [7, 11) is 0. The number of carboxylic acid groups (broad SMARTS) is 1. The van der Waals surface area contributed by atoms with Crippen LogP contribution in [0.3, 0.4) is 0 Å². The topological polar surface area (TPSA) is 89.3 Å². The summed E-state index contributed by atoms with van der Waals surface area (Å²) in [6.45, 7) is 1.98. The molecule has 0 unspecified atom stereocenters. The van der Waals surface area contributed by atoms with Crippen molar-refractivity contribution in [1.82, 2.24) is 0 Å². The fourth-order valence-corrected chi connectivity index (χ4v) is 0.698. The van der Waals surface area contributed by atoms with Gasteiger partial charge in [-0.15, -0.1) is 0 Å². The summed E-state index contributed by atoms with van der Waals surface area (Å²) in [6, 6.07) is 0. The normalized spacial score (nSPS) is 11.5. The molecule has 0 aliphatic rings. The molecule has 0 aromatic heterocycles. The Balaban J connectivity index is 4.31. The van der Waals surface area contributed by atoms with Gasteiger partial charge in [0.1, 0.15) is 0 Å². The maximum Gasteiger partial charge on any atom is 0.312 e. The van der Waals surface area contributed by atoms with Gasteiger partial charge in [-0.1, -0.05) is 6.92 Å². The quantitative estimate of drug-likeness (QED) is 0.493. The zero-order valence-corrected chi connectivity index (χ0v) is 6.13. The molecule has 0 aromatic carbocycles. The second kappa shape index (κ2) is 3.53. The van der Waals surface area contributed by atoms with Crippen LogP contribution in [0, 0.1) is 5.41 Å². The minimum atomic E-state index is -0.903. The van der Waals surface area contributed by atoms with E-state index in [4.69, 9.17) is 16.6 Å². The Hall–Kier alpha value is -0.610. The fraction of sp³-hybridized carbons (Fsp3) is 0.833. The minimum absolute atomic E-state index is 0.106. The van der Waals surface area contributed by atoms with Crippen LogP contribution in [0.1, 0.15) is 13.3 Å². The van der Waals surface area contributed by atoms with Crippen molar-refractivity contribution < 1.29 is 9.90 Å². The van der Waals surface area contributed by atoms with Crippen molar-refractivity contribution in [2.24, 2.45) is 16.9 Å². The molecule has 0 atom stereocenters. The van der Waals surface area contributed by atoms with E-state index in [0.717, 1.165) is 0 Å². The second-order valence-corrected chi connectivity index (χ2v) is 2.35. The van der Waals surface area contributed by atoms with E-state index in [2.05, 4.69) is 0 Å². The van der Waals surface area contributed by atoms with E-state index in [1.165, 1.54) is 0 Å². The maximum absolute atomic E-state index is 10.6. The van der Waals surface area contributed by atoms with Crippen LogP contribution >= 0.6 is 0 Å². The van der Waals surface area contributed by atoms with Gasteiger partial charge < -0.3 is 16.6 Å². The molecule has 0 heterocycles. The van der Waals surface area contributed by atoms with Gasteiger partial charge in [0.25, 0.3) is 0 Å². The molecule has 10 heavy (non-hydrogen) atoms. The molecule has 60 valence electrons. The van der Waals surface area contributed by atoms with E-state index in [1.54, 1.807) is 6.92 Å². The summed E-state index contributed by atoms with van der Waals surface area (Å²) in [5, 5.41) is 8.66. The molecule has 0 aliphatic heterocycles. The highest BCUT2D eigenvalue weighted by molar-refractivity contribution is 5.75. The number of aliphatic carboxylic acids is 1. The molecule has 0 spiro atoms. The molecular formula is C6H14N2O2. The monoisotopic (exact) mass is 146 g/mol. The molecule has 0 saturated carbocycles. The average molecular weight is 146 g/mol. The third-order valence-corrected chi connectivity index (χ3v) is 1.91. The Morgan fingerprint density at radius 2 is 1.90 bits per heavy atom. The first-order chi connectivity index (χ1) is 4.63. The maximum atomic E-state index is 10.6. The smallest absolute Gasteiger partial charge is 0.312 e. The number of rotatable bonds is 4. The molecule has 0 amide bonds. The first kappa shape index (κ1) is 9.39. The van der Waals surface area contributed by atoms with Crippen molar-refractivity contribution in [2.75, 3.05) is 13.1 Å². The van der Waals surface area contributed by atoms with Gasteiger partial charge in [-0.2, -0.15) is 0 Å². The van der Waals surface area contributed by atoms with Crippen molar-refractivity contribution in [3.8, 4) is 0 Å². The van der Waals surface area contributed by atoms with Gasteiger partial charge in [0.2, 0.25) is 0 Å². The van der Waals surface area contributed by atoms with Gasteiger partial charge in [-0.3, -0.25) is 4.79 Å². The van der Waals surface area contributed by atoms with Gasteiger partial charge in [-0.25, -0.2) is 0 Å². The Kier molecular flexibility index (Phi) is 3.32. The van der Waals surface area contributed by atoms with Crippen LogP contribution < -0.4 is 11.5 Å². The van der Waals surface area contributed by atoms with Crippen LogP contribution in [0.15, 0.2) is 0 Å². The number of hydrogen-bond donors (Lipinski definition) is 3. The lowest BCUT2D eigenvalue weighted by Gasteiger charge is -2.23. The van der Waals surface area contributed by atoms with E-state index in [-0.39, 0.29) is 13.1 Å². The number of carbonyl (C=O) groups is 1. The number of nitrogens with two attached hydrogens (primary N) is 2. The second-order valence-electron chi connectivity index (χ2n) is 2.35. The Labute approximate surface area is 60.2 Å². The average Bonchev–Trinajstić information content (AvgIpc) is 1.92. The number of carboxylic acids is 1. The summed E-state index contributed by atoms with van der Waals surface area (Å²) >= 11 is 0. The van der Waals surface area contributed by atoms with E-state index >= 15 is 0 Å². The van der Waals surface area contributed by atoms with Crippen LogP contribution in [0.2, 0.25) is 0 Å². The predicted octanol–water partition coefficient (Wildman–Crippen LogP) is -0.615. The SMILES string of the molecule is CCC(CN)(CN)C(=O)O. The van der Waals surface area contributed by atoms with E-state index in [1.807, 2.05) is 0 Å². The molecule has 0 rings (SSSR count). The summed E-state index contributed by atoms with van der Waals surface area (Å²) < 4.78 is 0. The Bertz CT molecular complexity index is 113. The third-order valence-electron chi connectivity index (χ3n) is 1.91. The fourth-order valence-electron chi connectivity index (χ4n) is 0.698. The molecule has 0 saturated heterocycles. The van der Waals surface area contributed by atoms with Gasteiger partial charge >= 0.3 is 5.97 Å². The molecule has 0 bridgehead atoms. The number of hydrogen-bond acceptors (Lipinski definition) is 3. The molecule has 0 fully saturated rings. The molecule has 5 N–H and O–H groups in total. The van der Waals surface area contributed by atoms with Crippen LogP contribution in [0.5, 0.6) is 0 Å². The first-order valence-electron chi connectivity index (χ1n) is 3.26. The van der Waals surface area contributed by atoms with Crippen LogP contribution in [0.4, 0.5) is 0 Å². The lowest BCUT2D eigenvalue weighted by atomic mass is 9.86. The summed E-state index contributed by atoms with van der Waals surface area (Å²) in [5.41, 5.74) is 9.63. The van der Waals surface area contributed by atoms with Crippen LogP contribution in [0.25, 0.3) is 0 Å². The van der Waals surface area contributed by atoms with E-state index in [9.17, 15) is 4.79 Å². The molecule has 4 heteroatoms. The lowest BCUT2D eigenvalue weighted by molar-refractivity contribution is -0.147. The summed E-state index contributed by atoms with van der Waals surface area (Å²) in [4.78, 5) is 10.6. The van der Waals surface area contributed by atoms with Gasteiger partial charge in [0, 0.05) is 13.1 Å². The minimum Gasteiger partial charge on any atom is -0.481 e. The predicted molar refractivity (Wildman–Crippen MR) is 38.5 cm³/mol. The van der Waals surface area contributed by atoms with Crippen LogP contribution in [-0.2, 0) is 4.79 Å². The zero-order chi connectivity index (χ0) is 8.20. The Morgan fingerprint density at radius 1 is 1.50 bits per heavy atom. The highest BCUT2D eigenvalue weighted by Gasteiger charge is 2.33. The molecule has 4 nitrogen and oxygen atoms in total. The van der Waals surface area contributed by atoms with Gasteiger partial charge in [-0.05, 0) is 6.42 Å². The zero-order valence-electron chi connectivity index (χ0n) is 6.13. The van der Waals surface area contributed by atoms with Gasteiger partial charge in [0.15, 0.2) is 0 Å². The third kappa shape index (κ3) is 1.46. The van der Waals surface area contributed by atoms with E-state index in [0.29, 0.717) is 6.42 Å². The van der Waals surface area contributed by atoms with Crippen molar-refractivity contribution in [3.05, 3.63) is 0 Å². The highest BCUT2D eigenvalue weighted by atomic mass is 16.4. The van der Waals surface area contributed by atoms with Crippen molar-refractivity contribution in [1.29, 1.82) is 0 Å².